The molecular weight excluding hydrogens is 141 g/mol. The van der Waals surface area contributed by atoms with Crippen LogP contribution in [0.4, 0.5) is 0 Å². The maximum absolute atomic E-state index is 5.21. The van der Waals surface area contributed by atoms with E-state index in [4.69, 9.17) is 6.42 Å². The lowest BCUT2D eigenvalue weighted by Gasteiger charge is -2.28. The fourth-order valence-electron chi connectivity index (χ4n) is 1.14. The van der Waals surface area contributed by atoms with Gasteiger partial charge in [-0.25, -0.2) is 0 Å². The Morgan fingerprint density at radius 3 is 2.60 bits per heavy atom. The average molecular weight is 155 g/mol. The Bertz CT molecular complexity index is 131. The summed E-state index contributed by atoms with van der Waals surface area (Å²) in [6, 6.07) is 0. The summed E-state index contributed by atoms with van der Waals surface area (Å²) in [7, 11) is 0.361. The number of hydrogen-bond acceptors (Lipinski definition) is 1. The van der Waals surface area contributed by atoms with Crippen LogP contribution in [0.2, 0.25) is 0 Å². The van der Waals surface area contributed by atoms with Crippen LogP contribution >= 0.6 is 7.92 Å². The van der Waals surface area contributed by atoms with Crippen molar-refractivity contribution < 1.29 is 0 Å². The molecule has 10 heavy (non-hydrogen) atoms. The highest BCUT2D eigenvalue weighted by Gasteiger charge is 2.13. The van der Waals surface area contributed by atoms with E-state index in [0.29, 0.717) is 7.92 Å². The molecule has 0 atom stereocenters. The van der Waals surface area contributed by atoms with Crippen LogP contribution in [0.5, 0.6) is 0 Å². The van der Waals surface area contributed by atoms with Gasteiger partial charge >= 0.3 is 0 Å². The molecule has 1 saturated heterocycles. The maximum Gasteiger partial charge on any atom is 0.0599 e. The molecule has 0 unspecified atom stereocenters. The second-order valence-electron chi connectivity index (χ2n) is 2.78. The highest BCUT2D eigenvalue weighted by Crippen LogP contribution is 2.32. The molecule has 2 heteroatoms. The summed E-state index contributed by atoms with van der Waals surface area (Å²) >= 11 is 0. The third-order valence-electron chi connectivity index (χ3n) is 1.91. The smallest absolute Gasteiger partial charge is 0.0599 e. The van der Waals surface area contributed by atoms with Crippen LogP contribution in [0.15, 0.2) is 0 Å². The Hall–Kier alpha value is -0.0500. The summed E-state index contributed by atoms with van der Waals surface area (Å²) in [5.74, 6) is 2.69. The summed E-state index contributed by atoms with van der Waals surface area (Å²) in [6.45, 7) is 5.69. The summed E-state index contributed by atoms with van der Waals surface area (Å²) < 4.78 is 0. The van der Waals surface area contributed by atoms with Gasteiger partial charge in [-0.05, 0) is 19.0 Å². The van der Waals surface area contributed by atoms with Crippen molar-refractivity contribution in [2.24, 2.45) is 0 Å². The minimum Gasteiger partial charge on any atom is -0.292 e. The second-order valence-corrected chi connectivity index (χ2v) is 5.39. The molecule has 1 nitrogen and oxygen atoms in total. The van der Waals surface area contributed by atoms with E-state index in [-0.39, 0.29) is 0 Å². The van der Waals surface area contributed by atoms with Gasteiger partial charge in [0.2, 0.25) is 0 Å². The van der Waals surface area contributed by atoms with Gasteiger partial charge < -0.3 is 0 Å². The fraction of sp³-hybridized carbons (Fsp3) is 0.750. The maximum atomic E-state index is 5.21. The molecule has 0 spiro atoms. The fourth-order valence-corrected chi connectivity index (χ4v) is 2.61. The molecule has 0 aromatic carbocycles. The molecule has 0 radical (unpaired) electrons. The first-order chi connectivity index (χ1) is 4.83. The lowest BCUT2D eigenvalue weighted by atomic mass is 10.5. The van der Waals surface area contributed by atoms with Crippen LogP contribution in [-0.4, -0.2) is 43.5 Å². The van der Waals surface area contributed by atoms with Gasteiger partial charge in [0.15, 0.2) is 0 Å². The Morgan fingerprint density at radius 1 is 1.50 bits per heavy atom. The zero-order valence-electron chi connectivity index (χ0n) is 6.51. The van der Waals surface area contributed by atoms with Gasteiger partial charge in [0, 0.05) is 13.1 Å². The summed E-state index contributed by atoms with van der Waals surface area (Å²) in [5, 5.41) is 0. The molecule has 0 aromatic heterocycles. The normalized spacial score (nSPS) is 22.4. The number of terminal acetylenes is 1. The van der Waals surface area contributed by atoms with E-state index in [1.165, 1.54) is 25.4 Å². The molecule has 1 aliphatic rings. The van der Waals surface area contributed by atoms with E-state index in [2.05, 4.69) is 17.5 Å². The quantitative estimate of drug-likeness (QED) is 0.404. The van der Waals surface area contributed by atoms with Crippen molar-refractivity contribution in [2.45, 2.75) is 0 Å². The van der Waals surface area contributed by atoms with Crippen molar-refractivity contribution in [3.63, 3.8) is 0 Å². The van der Waals surface area contributed by atoms with Crippen molar-refractivity contribution in [2.75, 3.05) is 38.6 Å². The number of hydrogen-bond donors (Lipinski definition) is 0. The van der Waals surface area contributed by atoms with Crippen molar-refractivity contribution in [3.8, 4) is 12.3 Å². The molecule has 0 aliphatic carbocycles. The van der Waals surface area contributed by atoms with E-state index < -0.39 is 0 Å². The van der Waals surface area contributed by atoms with Gasteiger partial charge in [-0.2, -0.15) is 0 Å². The lowest BCUT2D eigenvalue weighted by molar-refractivity contribution is 0.338. The van der Waals surface area contributed by atoms with E-state index >= 15 is 0 Å². The summed E-state index contributed by atoms with van der Waals surface area (Å²) in [4.78, 5) is 2.36. The van der Waals surface area contributed by atoms with Crippen LogP contribution in [0.3, 0.4) is 0 Å². The standard InChI is InChI=1S/C8H14NP/c1-3-4-9-5-7-10(2)8-6-9/h1H,4-8H2,2H3. The molecule has 1 rings (SSSR count). The first kappa shape index (κ1) is 8.05. The van der Waals surface area contributed by atoms with Gasteiger partial charge in [0.25, 0.3) is 0 Å². The number of rotatable bonds is 1. The topological polar surface area (TPSA) is 3.24 Å². The van der Waals surface area contributed by atoms with E-state index in [1.54, 1.807) is 0 Å². The molecule has 0 N–H and O–H groups in total. The molecule has 0 bridgehead atoms. The summed E-state index contributed by atoms with van der Waals surface area (Å²) in [6.07, 6.45) is 7.98. The van der Waals surface area contributed by atoms with Crippen LogP contribution < -0.4 is 0 Å². The first-order valence-electron chi connectivity index (χ1n) is 3.67. The molecule has 0 aromatic rings. The molecular formula is C8H14NP. The third kappa shape index (κ3) is 2.29. The number of nitrogens with zero attached hydrogens (tertiary/aromatic N) is 1. The zero-order valence-corrected chi connectivity index (χ0v) is 7.40. The van der Waals surface area contributed by atoms with Gasteiger partial charge in [0.05, 0.1) is 6.54 Å². The van der Waals surface area contributed by atoms with Crippen LogP contribution in [-0.2, 0) is 0 Å². The van der Waals surface area contributed by atoms with E-state index in [9.17, 15) is 0 Å². The van der Waals surface area contributed by atoms with Gasteiger partial charge in [-0.15, -0.1) is 14.3 Å². The minimum atomic E-state index is 0.361. The highest BCUT2D eigenvalue weighted by molar-refractivity contribution is 7.56. The summed E-state index contributed by atoms with van der Waals surface area (Å²) in [5.41, 5.74) is 0. The zero-order chi connectivity index (χ0) is 7.40. The highest BCUT2D eigenvalue weighted by atomic mass is 31.1. The Morgan fingerprint density at radius 2 is 2.10 bits per heavy atom. The first-order valence-corrected chi connectivity index (χ1v) is 5.83. The Balaban J connectivity index is 2.21. The molecule has 1 aliphatic heterocycles. The molecule has 56 valence electrons. The van der Waals surface area contributed by atoms with E-state index in [1.807, 2.05) is 0 Å². The Labute approximate surface area is 64.5 Å². The van der Waals surface area contributed by atoms with Gasteiger partial charge in [0.1, 0.15) is 0 Å². The predicted octanol–water partition coefficient (Wildman–Crippen LogP) is 1.05. The van der Waals surface area contributed by atoms with Crippen molar-refractivity contribution >= 4 is 7.92 Å². The van der Waals surface area contributed by atoms with Gasteiger partial charge in [-0.1, -0.05) is 5.92 Å². The molecule has 1 heterocycles. The van der Waals surface area contributed by atoms with Crippen molar-refractivity contribution in [3.05, 3.63) is 0 Å². The third-order valence-corrected chi connectivity index (χ3v) is 3.84. The van der Waals surface area contributed by atoms with Crippen LogP contribution in [0.1, 0.15) is 0 Å². The Kier molecular flexibility index (Phi) is 3.19. The lowest BCUT2D eigenvalue weighted by Crippen LogP contribution is -2.33. The van der Waals surface area contributed by atoms with Gasteiger partial charge in [-0.3, -0.25) is 4.90 Å². The minimum absolute atomic E-state index is 0.361. The predicted molar refractivity (Wildman–Crippen MR) is 47.9 cm³/mol. The van der Waals surface area contributed by atoms with Crippen LogP contribution in [0, 0.1) is 12.3 Å². The average Bonchev–Trinajstić information content (AvgIpc) is 1.95. The SMILES string of the molecule is C#CCN1CCP(C)CC1. The molecule has 0 saturated carbocycles. The van der Waals surface area contributed by atoms with Crippen molar-refractivity contribution in [1.82, 2.24) is 4.90 Å². The monoisotopic (exact) mass is 155 g/mol. The molecule has 0 amide bonds. The molecule has 1 fully saturated rings. The second kappa shape index (κ2) is 3.96. The van der Waals surface area contributed by atoms with E-state index in [0.717, 1.165) is 6.54 Å². The van der Waals surface area contributed by atoms with Crippen molar-refractivity contribution in [1.29, 1.82) is 0 Å². The largest absolute Gasteiger partial charge is 0.292 e. The van der Waals surface area contributed by atoms with Crippen LogP contribution in [0.25, 0.3) is 0 Å².